The topological polar surface area (TPSA) is 84.2 Å². The summed E-state index contributed by atoms with van der Waals surface area (Å²) in [5.41, 5.74) is 2.61. The second kappa shape index (κ2) is 8.33. The van der Waals surface area contributed by atoms with Gasteiger partial charge in [0.15, 0.2) is 5.82 Å². The number of aromatic nitrogens is 4. The van der Waals surface area contributed by atoms with Crippen molar-refractivity contribution >= 4 is 27.4 Å². The van der Waals surface area contributed by atoms with Crippen molar-refractivity contribution < 1.29 is 8.42 Å². The van der Waals surface area contributed by atoms with E-state index >= 15 is 0 Å². The summed E-state index contributed by atoms with van der Waals surface area (Å²) in [5, 5.41) is 5.00. The molecule has 0 aliphatic carbocycles. The molecule has 0 saturated carbocycles. The van der Waals surface area contributed by atoms with Crippen molar-refractivity contribution in [3.05, 3.63) is 64.7 Å². The zero-order valence-electron chi connectivity index (χ0n) is 16.9. The van der Waals surface area contributed by atoms with Crippen LogP contribution in [0.25, 0.3) is 5.82 Å². The van der Waals surface area contributed by atoms with E-state index in [0.717, 1.165) is 17.2 Å². The number of rotatable bonds is 5. The summed E-state index contributed by atoms with van der Waals surface area (Å²) < 4.78 is 29.0. The van der Waals surface area contributed by atoms with E-state index < -0.39 is 10.0 Å². The van der Waals surface area contributed by atoms with Crippen molar-refractivity contribution in [1.82, 2.24) is 24.1 Å². The molecule has 10 heteroatoms. The summed E-state index contributed by atoms with van der Waals surface area (Å²) in [6, 6.07) is 10.8. The molecule has 0 atom stereocenters. The number of piperazine rings is 1. The lowest BCUT2D eigenvalue weighted by Crippen LogP contribution is -2.49. The van der Waals surface area contributed by atoms with Gasteiger partial charge in [0, 0.05) is 43.0 Å². The van der Waals surface area contributed by atoms with Gasteiger partial charge < -0.3 is 4.90 Å². The van der Waals surface area contributed by atoms with Crippen molar-refractivity contribution in [2.45, 2.75) is 19.6 Å². The van der Waals surface area contributed by atoms with Gasteiger partial charge in [0.05, 0.1) is 11.4 Å². The quantitative estimate of drug-likeness (QED) is 0.599. The number of nitrogens with zero attached hydrogens (tertiary/aromatic N) is 6. The Balaban J connectivity index is 1.44. The molecular weight excluding hydrogens is 424 g/mol. The lowest BCUT2D eigenvalue weighted by Gasteiger charge is -2.34. The molecule has 158 valence electrons. The van der Waals surface area contributed by atoms with Crippen LogP contribution in [-0.2, 0) is 15.8 Å². The molecule has 0 spiro atoms. The minimum atomic E-state index is -3.41. The van der Waals surface area contributed by atoms with Crippen molar-refractivity contribution in [1.29, 1.82) is 0 Å². The van der Waals surface area contributed by atoms with Crippen molar-refractivity contribution in [3.63, 3.8) is 0 Å². The Morgan fingerprint density at radius 2 is 1.73 bits per heavy atom. The highest BCUT2D eigenvalue weighted by Crippen LogP contribution is 2.20. The van der Waals surface area contributed by atoms with Gasteiger partial charge in [-0.1, -0.05) is 23.7 Å². The van der Waals surface area contributed by atoms with Gasteiger partial charge in [-0.15, -0.1) is 0 Å². The van der Waals surface area contributed by atoms with Crippen LogP contribution in [-0.4, -0.2) is 58.7 Å². The zero-order valence-corrected chi connectivity index (χ0v) is 18.4. The Labute approximate surface area is 181 Å². The first-order valence-corrected chi connectivity index (χ1v) is 11.6. The van der Waals surface area contributed by atoms with Crippen LogP contribution >= 0.6 is 11.6 Å². The van der Waals surface area contributed by atoms with E-state index in [4.69, 9.17) is 11.6 Å². The van der Waals surface area contributed by atoms with E-state index in [1.165, 1.54) is 10.6 Å². The monoisotopic (exact) mass is 446 g/mol. The molecule has 30 heavy (non-hydrogen) atoms. The Hall–Kier alpha value is -2.49. The largest absolute Gasteiger partial charge is 0.354 e. The number of hydrogen-bond acceptors (Lipinski definition) is 6. The van der Waals surface area contributed by atoms with E-state index in [1.54, 1.807) is 28.9 Å². The molecule has 1 saturated heterocycles. The Kier molecular flexibility index (Phi) is 5.77. The molecule has 1 aliphatic rings. The van der Waals surface area contributed by atoms with Gasteiger partial charge in [-0.25, -0.2) is 23.1 Å². The fourth-order valence-electron chi connectivity index (χ4n) is 3.61. The molecule has 0 N–H and O–H groups in total. The predicted octanol–water partition coefficient (Wildman–Crippen LogP) is 2.58. The summed E-state index contributed by atoms with van der Waals surface area (Å²) in [5.74, 6) is 1.41. The van der Waals surface area contributed by atoms with E-state index in [9.17, 15) is 8.42 Å². The lowest BCUT2D eigenvalue weighted by molar-refractivity contribution is 0.383. The van der Waals surface area contributed by atoms with Crippen LogP contribution in [0.15, 0.2) is 42.7 Å². The van der Waals surface area contributed by atoms with Crippen LogP contribution in [0.1, 0.15) is 17.0 Å². The van der Waals surface area contributed by atoms with Gasteiger partial charge in [0.25, 0.3) is 0 Å². The minimum Gasteiger partial charge on any atom is -0.354 e. The third kappa shape index (κ3) is 4.48. The Bertz CT molecular complexity index is 1160. The average Bonchev–Trinajstić information content (AvgIpc) is 3.06. The Morgan fingerprint density at radius 1 is 1.00 bits per heavy atom. The van der Waals surface area contributed by atoms with Gasteiger partial charge in [0.1, 0.15) is 12.1 Å². The molecule has 1 aromatic carbocycles. The molecule has 3 heterocycles. The first-order valence-electron chi connectivity index (χ1n) is 9.65. The fraction of sp³-hybridized carbons (Fsp3) is 0.350. The van der Waals surface area contributed by atoms with E-state index in [-0.39, 0.29) is 5.75 Å². The standard InChI is InChI=1S/C20H23ClN6O2S/c1-15-10-16(2)27(24-15)20-12-19(22-14-23-20)25-6-8-26(9-7-25)30(28,29)13-17-4-3-5-18(21)11-17/h3-5,10-12,14H,6-9,13H2,1-2H3. The summed E-state index contributed by atoms with van der Waals surface area (Å²) in [6.45, 7) is 5.84. The van der Waals surface area contributed by atoms with Crippen molar-refractivity contribution in [2.75, 3.05) is 31.1 Å². The van der Waals surface area contributed by atoms with Gasteiger partial charge in [-0.3, -0.25) is 0 Å². The van der Waals surface area contributed by atoms with Crippen LogP contribution in [0.4, 0.5) is 5.82 Å². The fourth-order valence-corrected chi connectivity index (χ4v) is 5.33. The predicted molar refractivity (Wildman–Crippen MR) is 116 cm³/mol. The molecule has 0 amide bonds. The van der Waals surface area contributed by atoms with Gasteiger partial charge in [-0.05, 0) is 37.6 Å². The van der Waals surface area contributed by atoms with Crippen LogP contribution < -0.4 is 4.90 Å². The zero-order chi connectivity index (χ0) is 21.3. The maximum Gasteiger partial charge on any atom is 0.218 e. The van der Waals surface area contributed by atoms with Crippen molar-refractivity contribution in [2.24, 2.45) is 0 Å². The number of hydrogen-bond donors (Lipinski definition) is 0. The number of sulfonamides is 1. The molecule has 1 aliphatic heterocycles. The minimum absolute atomic E-state index is 0.0524. The molecule has 0 radical (unpaired) electrons. The van der Waals surface area contributed by atoms with Crippen LogP contribution in [0.5, 0.6) is 0 Å². The van der Waals surface area contributed by atoms with E-state index in [0.29, 0.717) is 42.6 Å². The smallest absolute Gasteiger partial charge is 0.218 e. The van der Waals surface area contributed by atoms with Gasteiger partial charge in [-0.2, -0.15) is 9.40 Å². The third-order valence-electron chi connectivity index (χ3n) is 5.06. The SMILES string of the molecule is Cc1cc(C)n(-c2cc(N3CCN(S(=O)(=O)Cc4cccc(Cl)c4)CC3)ncn2)n1. The van der Waals surface area contributed by atoms with Gasteiger partial charge in [0.2, 0.25) is 10.0 Å². The third-order valence-corrected chi connectivity index (χ3v) is 7.14. The van der Waals surface area contributed by atoms with Crippen LogP contribution in [0.3, 0.4) is 0 Å². The number of halogens is 1. The Morgan fingerprint density at radius 3 is 2.40 bits per heavy atom. The molecule has 8 nitrogen and oxygen atoms in total. The highest BCUT2D eigenvalue weighted by Gasteiger charge is 2.28. The summed E-state index contributed by atoms with van der Waals surface area (Å²) in [4.78, 5) is 10.8. The first-order chi connectivity index (χ1) is 14.3. The van der Waals surface area contributed by atoms with Gasteiger partial charge >= 0.3 is 0 Å². The summed E-state index contributed by atoms with van der Waals surface area (Å²) >= 11 is 5.98. The molecule has 0 unspecified atom stereocenters. The lowest BCUT2D eigenvalue weighted by atomic mass is 10.2. The maximum atomic E-state index is 12.8. The normalized spacial score (nSPS) is 15.5. The maximum absolute atomic E-state index is 12.8. The summed E-state index contributed by atoms with van der Waals surface area (Å²) in [7, 11) is -3.41. The molecular formula is C20H23ClN6O2S. The molecule has 3 aromatic rings. The van der Waals surface area contributed by atoms with Crippen LogP contribution in [0.2, 0.25) is 5.02 Å². The molecule has 0 bridgehead atoms. The van der Waals surface area contributed by atoms with Crippen molar-refractivity contribution in [3.8, 4) is 5.82 Å². The number of aryl methyl sites for hydroxylation is 2. The molecule has 2 aromatic heterocycles. The second-order valence-electron chi connectivity index (χ2n) is 7.35. The highest BCUT2D eigenvalue weighted by atomic mass is 35.5. The number of anilines is 1. The van der Waals surface area contributed by atoms with E-state index in [2.05, 4.69) is 20.0 Å². The molecule has 4 rings (SSSR count). The first kappa shape index (κ1) is 20.8. The second-order valence-corrected chi connectivity index (χ2v) is 9.75. The van der Waals surface area contributed by atoms with E-state index in [1.807, 2.05) is 26.0 Å². The van der Waals surface area contributed by atoms with Crippen LogP contribution in [0, 0.1) is 13.8 Å². The number of benzene rings is 1. The summed E-state index contributed by atoms with van der Waals surface area (Å²) in [6.07, 6.45) is 1.52. The molecule has 1 fully saturated rings. The average molecular weight is 447 g/mol. The highest BCUT2D eigenvalue weighted by molar-refractivity contribution is 7.88.